The van der Waals surface area contributed by atoms with Crippen molar-refractivity contribution >= 4 is 23.2 Å². The zero-order chi connectivity index (χ0) is 18.0. The molecule has 1 aliphatic heterocycles. The average Bonchev–Trinajstić information content (AvgIpc) is 3.00. The molecule has 1 unspecified atom stereocenters. The van der Waals surface area contributed by atoms with Gasteiger partial charge in [-0.05, 0) is 42.7 Å². The van der Waals surface area contributed by atoms with Crippen LogP contribution in [0.3, 0.4) is 0 Å². The highest BCUT2D eigenvalue weighted by Gasteiger charge is 2.35. The lowest BCUT2D eigenvalue weighted by molar-refractivity contribution is -0.122. The summed E-state index contributed by atoms with van der Waals surface area (Å²) in [6.07, 6.45) is 0.984. The molecule has 5 heteroatoms. The summed E-state index contributed by atoms with van der Waals surface area (Å²) in [6, 6.07) is 12.3. The maximum absolute atomic E-state index is 13.6. The molecule has 1 fully saturated rings. The number of carbonyl (C=O) groups excluding carboxylic acids is 2. The molecule has 1 saturated heterocycles. The first-order valence-electron chi connectivity index (χ1n) is 8.45. The number of hydrogen-bond acceptors (Lipinski definition) is 2. The van der Waals surface area contributed by atoms with Gasteiger partial charge in [-0.3, -0.25) is 9.59 Å². The number of halogens is 1. The molecule has 3 rings (SSSR count). The van der Waals surface area contributed by atoms with Crippen LogP contribution in [-0.4, -0.2) is 18.4 Å². The first kappa shape index (κ1) is 17.1. The summed E-state index contributed by atoms with van der Waals surface area (Å²) in [5, 5.41) is 2.72. The van der Waals surface area contributed by atoms with Gasteiger partial charge < -0.3 is 10.2 Å². The number of rotatable bonds is 4. The molecule has 25 heavy (non-hydrogen) atoms. The number of benzene rings is 2. The number of nitrogens with one attached hydrogen (secondary N) is 1. The van der Waals surface area contributed by atoms with Crippen molar-refractivity contribution < 1.29 is 14.0 Å². The number of anilines is 2. The van der Waals surface area contributed by atoms with Gasteiger partial charge in [-0.15, -0.1) is 0 Å². The van der Waals surface area contributed by atoms with E-state index in [0.29, 0.717) is 17.8 Å². The molecular weight excluding hydrogens is 319 g/mol. The predicted octanol–water partition coefficient (Wildman–Crippen LogP) is 3.69. The second kappa shape index (κ2) is 7.05. The maximum Gasteiger partial charge on any atom is 0.229 e. The summed E-state index contributed by atoms with van der Waals surface area (Å²) in [6.45, 7) is 4.05. The minimum absolute atomic E-state index is 0.0591. The van der Waals surface area contributed by atoms with E-state index >= 15 is 0 Å². The van der Waals surface area contributed by atoms with E-state index in [0.717, 1.165) is 17.7 Å². The predicted molar refractivity (Wildman–Crippen MR) is 96.0 cm³/mol. The number of aryl methyl sites for hydroxylation is 2. The van der Waals surface area contributed by atoms with E-state index in [1.165, 1.54) is 6.07 Å². The highest BCUT2D eigenvalue weighted by Crippen LogP contribution is 2.29. The van der Waals surface area contributed by atoms with E-state index in [1.54, 1.807) is 24.0 Å². The third-order valence-electron chi connectivity index (χ3n) is 4.60. The first-order chi connectivity index (χ1) is 12.0. The van der Waals surface area contributed by atoms with Gasteiger partial charge in [0.25, 0.3) is 0 Å². The number of carbonyl (C=O) groups is 2. The molecule has 0 aromatic heterocycles. The zero-order valence-corrected chi connectivity index (χ0v) is 14.4. The second-order valence-corrected chi connectivity index (χ2v) is 6.34. The van der Waals surface area contributed by atoms with Gasteiger partial charge in [0, 0.05) is 24.3 Å². The van der Waals surface area contributed by atoms with Crippen molar-refractivity contribution in [2.75, 3.05) is 16.8 Å². The van der Waals surface area contributed by atoms with E-state index in [9.17, 15) is 14.0 Å². The molecule has 2 amide bonds. The van der Waals surface area contributed by atoms with Crippen LogP contribution in [0.4, 0.5) is 15.8 Å². The second-order valence-electron chi connectivity index (χ2n) is 6.34. The van der Waals surface area contributed by atoms with Gasteiger partial charge in [0.2, 0.25) is 11.8 Å². The minimum Gasteiger partial charge on any atom is -0.326 e. The summed E-state index contributed by atoms with van der Waals surface area (Å²) in [5.74, 6) is -1.12. The Morgan fingerprint density at radius 1 is 1.28 bits per heavy atom. The average molecular weight is 340 g/mol. The van der Waals surface area contributed by atoms with E-state index in [-0.39, 0.29) is 24.1 Å². The summed E-state index contributed by atoms with van der Waals surface area (Å²) < 4.78 is 13.6. The van der Waals surface area contributed by atoms with Crippen molar-refractivity contribution in [3.8, 4) is 0 Å². The Labute approximate surface area is 146 Å². The fourth-order valence-electron chi connectivity index (χ4n) is 3.10. The highest BCUT2D eigenvalue weighted by atomic mass is 19.1. The van der Waals surface area contributed by atoms with E-state index in [1.807, 2.05) is 31.2 Å². The third kappa shape index (κ3) is 3.55. The van der Waals surface area contributed by atoms with Gasteiger partial charge in [0.1, 0.15) is 5.82 Å². The molecule has 1 N–H and O–H groups in total. The molecule has 0 aliphatic carbocycles. The summed E-state index contributed by atoms with van der Waals surface area (Å²) in [7, 11) is 0. The van der Waals surface area contributed by atoms with Crippen molar-refractivity contribution in [3.63, 3.8) is 0 Å². The normalized spacial score (nSPS) is 17.0. The Morgan fingerprint density at radius 2 is 2.04 bits per heavy atom. The number of hydrogen-bond donors (Lipinski definition) is 1. The van der Waals surface area contributed by atoms with Gasteiger partial charge in [0.05, 0.1) is 5.92 Å². The van der Waals surface area contributed by atoms with Crippen molar-refractivity contribution in [2.45, 2.75) is 26.7 Å². The summed E-state index contributed by atoms with van der Waals surface area (Å²) in [5.41, 5.74) is 2.88. The van der Waals surface area contributed by atoms with Gasteiger partial charge in [-0.25, -0.2) is 4.39 Å². The minimum atomic E-state index is -0.443. The largest absolute Gasteiger partial charge is 0.326 e. The molecule has 2 aromatic carbocycles. The molecular formula is C20H21FN2O2. The van der Waals surface area contributed by atoms with Crippen LogP contribution in [0.2, 0.25) is 0 Å². The Balaban J connectivity index is 1.73. The van der Waals surface area contributed by atoms with Crippen molar-refractivity contribution in [3.05, 3.63) is 59.4 Å². The topological polar surface area (TPSA) is 49.4 Å². The van der Waals surface area contributed by atoms with Crippen LogP contribution in [0.15, 0.2) is 42.5 Å². The smallest absolute Gasteiger partial charge is 0.229 e. The lowest BCUT2D eigenvalue weighted by Crippen LogP contribution is -2.28. The Hall–Kier alpha value is -2.69. The van der Waals surface area contributed by atoms with Gasteiger partial charge >= 0.3 is 0 Å². The van der Waals surface area contributed by atoms with Crippen molar-refractivity contribution in [1.82, 2.24) is 0 Å². The summed E-state index contributed by atoms with van der Waals surface area (Å²) in [4.78, 5) is 26.5. The molecule has 0 spiro atoms. The maximum atomic E-state index is 13.6. The van der Waals surface area contributed by atoms with E-state index < -0.39 is 5.92 Å². The van der Waals surface area contributed by atoms with Gasteiger partial charge in [0.15, 0.2) is 0 Å². The fourth-order valence-corrected chi connectivity index (χ4v) is 3.10. The SMILES string of the molecule is CCc1ccccc1N1CC(C(=O)Nc2ccc(C)c(F)c2)CC1=O. The standard InChI is InChI=1S/C20H21FN2O2/c1-3-14-6-4-5-7-18(14)23-12-15(10-19(23)24)20(25)22-16-9-8-13(2)17(21)11-16/h4-9,11,15H,3,10,12H2,1-2H3,(H,22,25). The third-order valence-corrected chi connectivity index (χ3v) is 4.60. The molecule has 2 aromatic rings. The van der Waals surface area contributed by atoms with Crippen LogP contribution in [0.25, 0.3) is 0 Å². The molecule has 0 saturated carbocycles. The molecule has 0 bridgehead atoms. The van der Waals surface area contributed by atoms with E-state index in [2.05, 4.69) is 5.32 Å². The lowest BCUT2D eigenvalue weighted by atomic mass is 10.1. The first-order valence-corrected chi connectivity index (χ1v) is 8.45. The van der Waals surface area contributed by atoms with E-state index in [4.69, 9.17) is 0 Å². The molecule has 0 radical (unpaired) electrons. The Morgan fingerprint density at radius 3 is 2.76 bits per heavy atom. The van der Waals surface area contributed by atoms with Crippen LogP contribution < -0.4 is 10.2 Å². The van der Waals surface area contributed by atoms with Crippen LogP contribution >= 0.6 is 0 Å². The molecule has 4 nitrogen and oxygen atoms in total. The quantitative estimate of drug-likeness (QED) is 0.923. The Bertz CT molecular complexity index is 819. The van der Waals surface area contributed by atoms with Crippen LogP contribution in [-0.2, 0) is 16.0 Å². The fraction of sp³-hybridized carbons (Fsp3) is 0.300. The van der Waals surface area contributed by atoms with Crippen molar-refractivity contribution in [2.24, 2.45) is 5.92 Å². The molecule has 1 aliphatic rings. The number of nitrogens with zero attached hydrogens (tertiary/aromatic N) is 1. The Kier molecular flexibility index (Phi) is 4.83. The zero-order valence-electron chi connectivity index (χ0n) is 14.4. The highest BCUT2D eigenvalue weighted by molar-refractivity contribution is 6.03. The van der Waals surface area contributed by atoms with Gasteiger partial charge in [-0.1, -0.05) is 31.2 Å². The summed E-state index contributed by atoms with van der Waals surface area (Å²) >= 11 is 0. The van der Waals surface area contributed by atoms with Crippen LogP contribution in [0.5, 0.6) is 0 Å². The molecule has 130 valence electrons. The van der Waals surface area contributed by atoms with Crippen LogP contribution in [0, 0.1) is 18.7 Å². The number of amides is 2. The lowest BCUT2D eigenvalue weighted by Gasteiger charge is -2.20. The molecule has 1 atom stereocenters. The van der Waals surface area contributed by atoms with Crippen LogP contribution in [0.1, 0.15) is 24.5 Å². The monoisotopic (exact) mass is 340 g/mol. The molecule has 1 heterocycles. The van der Waals surface area contributed by atoms with Crippen molar-refractivity contribution in [1.29, 1.82) is 0 Å². The number of para-hydroxylation sites is 1. The van der Waals surface area contributed by atoms with Gasteiger partial charge in [-0.2, -0.15) is 0 Å².